The van der Waals surface area contributed by atoms with Crippen LogP contribution in [0.1, 0.15) is 11.4 Å². The molecular weight excluding hydrogens is 452 g/mol. The Morgan fingerprint density at radius 1 is 0.829 bits per heavy atom. The van der Waals surface area contributed by atoms with Crippen molar-refractivity contribution >= 4 is 41.5 Å². The van der Waals surface area contributed by atoms with E-state index in [1.165, 1.54) is 12.2 Å². The highest BCUT2D eigenvalue weighted by atomic mass is 16.4. The third-order valence-corrected chi connectivity index (χ3v) is 5.54. The molecule has 0 radical (unpaired) electrons. The molecule has 0 saturated carbocycles. The summed E-state index contributed by atoms with van der Waals surface area (Å²) in [6, 6.07) is 3.67. The minimum absolute atomic E-state index is 0.0576. The summed E-state index contributed by atoms with van der Waals surface area (Å²) >= 11 is 0. The second-order valence-electron chi connectivity index (χ2n) is 7.90. The molecule has 0 fully saturated rings. The number of rotatable bonds is 4. The fourth-order valence-electron chi connectivity index (χ4n) is 3.88. The van der Waals surface area contributed by atoms with Gasteiger partial charge in [0, 0.05) is 11.4 Å². The minimum atomic E-state index is -1.94. The summed E-state index contributed by atoms with van der Waals surface area (Å²) < 4.78 is 0. The van der Waals surface area contributed by atoms with E-state index in [9.17, 15) is 30.0 Å². The normalized spacial score (nSPS) is 21.3. The number of hydrogen-bond donors (Lipinski definition) is 5. The number of aldehydes is 1. The molecule has 0 amide bonds. The van der Waals surface area contributed by atoms with Gasteiger partial charge in [0.15, 0.2) is 6.29 Å². The zero-order valence-electron chi connectivity index (χ0n) is 18.0. The van der Waals surface area contributed by atoms with E-state index >= 15 is 0 Å². The number of carbonyl (C=O) groups is 2. The molecule has 4 aliphatic rings. The van der Waals surface area contributed by atoms with Crippen LogP contribution in [0, 0.1) is 0 Å². The van der Waals surface area contributed by atoms with Crippen LogP contribution >= 0.6 is 0 Å². The molecule has 5 N–H and O–H groups in total. The second-order valence-corrected chi connectivity index (χ2v) is 7.90. The quantitative estimate of drug-likeness (QED) is 0.332. The number of carboxylic acid groups (broad SMARTS) is 1. The molecule has 1 aromatic rings. The number of carboxylic acids is 1. The number of aromatic nitrogens is 1. The van der Waals surface area contributed by atoms with Crippen molar-refractivity contribution in [2.75, 3.05) is 0 Å². The summed E-state index contributed by atoms with van der Waals surface area (Å²) in [7, 11) is 0. The van der Waals surface area contributed by atoms with Crippen LogP contribution in [0.3, 0.4) is 0 Å². The Kier molecular flexibility index (Phi) is 5.44. The number of H-pyrrole nitrogens is 1. The molecule has 35 heavy (non-hydrogen) atoms. The van der Waals surface area contributed by atoms with Gasteiger partial charge in [0.05, 0.1) is 39.8 Å². The Labute approximate surface area is 198 Å². The summed E-state index contributed by atoms with van der Waals surface area (Å²) in [4.78, 5) is 39.6. The van der Waals surface area contributed by atoms with Gasteiger partial charge in [0.2, 0.25) is 0 Å². The lowest BCUT2D eigenvalue weighted by molar-refractivity contribution is -0.132. The van der Waals surface area contributed by atoms with Gasteiger partial charge in [-0.2, -0.15) is 0 Å². The third kappa shape index (κ3) is 4.07. The summed E-state index contributed by atoms with van der Waals surface area (Å²) in [5.41, 5.74) is 2.88. The van der Waals surface area contributed by atoms with Crippen LogP contribution in [-0.4, -0.2) is 67.0 Å². The van der Waals surface area contributed by atoms with E-state index in [1.54, 1.807) is 36.5 Å². The lowest BCUT2D eigenvalue weighted by Crippen LogP contribution is -2.31. The van der Waals surface area contributed by atoms with E-state index in [-0.39, 0.29) is 40.3 Å². The lowest BCUT2D eigenvalue weighted by atomic mass is 9.99. The summed E-state index contributed by atoms with van der Waals surface area (Å²) in [5.74, 6) is -1.99. The highest BCUT2D eigenvalue weighted by Crippen LogP contribution is 2.28. The van der Waals surface area contributed by atoms with Gasteiger partial charge in [-0.05, 0) is 60.7 Å². The van der Waals surface area contributed by atoms with Gasteiger partial charge in [-0.3, -0.25) is 0 Å². The number of aliphatic hydroxyl groups excluding tert-OH is 3. The average molecular weight is 470 g/mol. The highest BCUT2D eigenvalue weighted by molar-refractivity contribution is 6.34. The predicted octanol–water partition coefficient (Wildman–Crippen LogP) is 1.81. The van der Waals surface area contributed by atoms with Crippen molar-refractivity contribution in [3.05, 3.63) is 94.0 Å². The number of nitrogens with zero attached hydrogens (tertiary/aromatic N) is 3. The number of aliphatic imine (C=N–C) groups is 3. The predicted molar refractivity (Wildman–Crippen MR) is 129 cm³/mol. The van der Waals surface area contributed by atoms with Gasteiger partial charge in [-0.15, -0.1) is 0 Å². The molecule has 0 aliphatic carbocycles. The van der Waals surface area contributed by atoms with E-state index in [2.05, 4.69) is 20.0 Å². The smallest absolute Gasteiger partial charge is 0.340 e. The topological polar surface area (TPSA) is 168 Å². The molecule has 2 unspecified atom stereocenters. The van der Waals surface area contributed by atoms with Gasteiger partial charge < -0.3 is 30.2 Å². The van der Waals surface area contributed by atoms with Crippen molar-refractivity contribution in [3.63, 3.8) is 0 Å². The van der Waals surface area contributed by atoms with Crippen LogP contribution < -0.4 is 0 Å². The Balaban J connectivity index is 1.77. The van der Waals surface area contributed by atoms with Crippen molar-refractivity contribution in [3.8, 4) is 0 Å². The molecule has 8 bridgehead atoms. The monoisotopic (exact) mass is 470 g/mol. The minimum Gasteiger partial charge on any atom is -0.509 e. The van der Waals surface area contributed by atoms with Crippen molar-refractivity contribution in [2.45, 2.75) is 12.2 Å². The number of nitrogens with one attached hydrogen (secondary N) is 1. The van der Waals surface area contributed by atoms with Crippen molar-refractivity contribution < 1.29 is 30.0 Å². The Hall–Kier alpha value is -4.67. The van der Waals surface area contributed by atoms with Crippen LogP contribution in [0.25, 0.3) is 12.2 Å². The number of allylic oxidation sites excluding steroid dienone is 7. The van der Waals surface area contributed by atoms with E-state index in [4.69, 9.17) is 0 Å². The molecule has 10 heteroatoms. The standard InChI is InChI=1S/C25H18N4O6/c30-11-20(31)23(32)24(33)21-16-5-3-14(27-16)9-12-1-2-13(26-12)10-15-4-6-18(28-15)22(25(34)35)19-8-7-17(21)29-19/h1-11,20,23,26,31-33H,(H,34,35). The van der Waals surface area contributed by atoms with Gasteiger partial charge in [0.25, 0.3) is 0 Å². The molecule has 0 aromatic carbocycles. The van der Waals surface area contributed by atoms with E-state index in [0.717, 1.165) is 11.4 Å². The molecule has 2 atom stereocenters. The summed E-state index contributed by atoms with van der Waals surface area (Å²) in [5, 5.41) is 40.8. The first kappa shape index (κ1) is 22.1. The Bertz CT molecular complexity index is 1470. The first-order chi connectivity index (χ1) is 16.8. The van der Waals surface area contributed by atoms with Crippen LogP contribution in [-0.2, 0) is 9.59 Å². The fourth-order valence-corrected chi connectivity index (χ4v) is 3.88. The first-order valence-electron chi connectivity index (χ1n) is 10.5. The number of aliphatic carboxylic acids is 1. The number of hydrogen-bond acceptors (Lipinski definition) is 8. The van der Waals surface area contributed by atoms with Gasteiger partial charge in [0.1, 0.15) is 23.5 Å². The maximum absolute atomic E-state index is 12.1. The third-order valence-electron chi connectivity index (χ3n) is 5.54. The fraction of sp³-hybridized carbons (Fsp3) is 0.0800. The summed E-state index contributed by atoms with van der Waals surface area (Å²) in [6.07, 6.45) is 9.20. The van der Waals surface area contributed by atoms with Crippen LogP contribution in [0.4, 0.5) is 0 Å². The molecule has 0 saturated heterocycles. The number of aromatic amines is 1. The maximum Gasteiger partial charge on any atom is 0.340 e. The lowest BCUT2D eigenvalue weighted by Gasteiger charge is -2.16. The molecule has 1 aromatic heterocycles. The SMILES string of the molecule is O=CC(O)C(O)C(O)=C1C2=NC(=Cc3ccc([nH]3)C=C3C=CC(=N3)C(C(=O)O)=C3C=CC1=N3)C=C2. The number of aliphatic hydroxyl groups is 3. The van der Waals surface area contributed by atoms with Crippen molar-refractivity contribution in [1.82, 2.24) is 4.98 Å². The first-order valence-corrected chi connectivity index (χ1v) is 10.5. The zero-order valence-corrected chi connectivity index (χ0v) is 18.0. The van der Waals surface area contributed by atoms with E-state index < -0.39 is 23.9 Å². The molecule has 10 nitrogen and oxygen atoms in total. The molecule has 5 heterocycles. The molecule has 4 aliphatic heterocycles. The Morgan fingerprint density at radius 3 is 2.03 bits per heavy atom. The number of carbonyl (C=O) groups excluding carboxylic acids is 1. The molecule has 0 spiro atoms. The molecular formula is C25H18N4O6. The van der Waals surface area contributed by atoms with Gasteiger partial charge in [-0.1, -0.05) is 0 Å². The van der Waals surface area contributed by atoms with Crippen LogP contribution in [0.5, 0.6) is 0 Å². The zero-order chi connectivity index (χ0) is 24.7. The van der Waals surface area contributed by atoms with Crippen molar-refractivity contribution in [1.29, 1.82) is 0 Å². The maximum atomic E-state index is 12.1. The van der Waals surface area contributed by atoms with E-state index in [1.807, 2.05) is 12.1 Å². The van der Waals surface area contributed by atoms with Gasteiger partial charge in [-0.25, -0.2) is 19.8 Å². The largest absolute Gasteiger partial charge is 0.509 e. The van der Waals surface area contributed by atoms with Gasteiger partial charge >= 0.3 is 5.97 Å². The molecule has 174 valence electrons. The molecule has 5 rings (SSSR count). The van der Waals surface area contributed by atoms with Crippen LogP contribution in [0.15, 0.2) is 97.6 Å². The highest BCUT2D eigenvalue weighted by Gasteiger charge is 2.30. The summed E-state index contributed by atoms with van der Waals surface area (Å²) in [6.45, 7) is 0. The van der Waals surface area contributed by atoms with Crippen molar-refractivity contribution in [2.24, 2.45) is 15.0 Å². The second kappa shape index (κ2) is 8.60. The average Bonchev–Trinajstić information content (AvgIpc) is 3.63. The van der Waals surface area contributed by atoms with Crippen LogP contribution in [0.2, 0.25) is 0 Å². The number of fused-ring (bicyclic) bond motifs is 5. The Morgan fingerprint density at radius 2 is 1.40 bits per heavy atom. The van der Waals surface area contributed by atoms with E-state index in [0.29, 0.717) is 11.4 Å².